The number of esters is 1. The minimum Gasteiger partial charge on any atom is -0.466 e. The van der Waals surface area contributed by atoms with Crippen molar-refractivity contribution in [2.75, 3.05) is 13.2 Å². The van der Waals surface area contributed by atoms with Crippen LogP contribution in [0.25, 0.3) is 0 Å². The summed E-state index contributed by atoms with van der Waals surface area (Å²) in [5.41, 5.74) is 0. The summed E-state index contributed by atoms with van der Waals surface area (Å²) in [6, 6.07) is -0.539. The van der Waals surface area contributed by atoms with Gasteiger partial charge in [0.2, 0.25) is 5.91 Å². The molecule has 462 valence electrons. The van der Waals surface area contributed by atoms with E-state index in [-0.39, 0.29) is 18.5 Å². The van der Waals surface area contributed by atoms with Gasteiger partial charge in [-0.05, 0) is 77.0 Å². The number of carbonyl (C=O) groups is 2. The van der Waals surface area contributed by atoms with E-state index in [9.17, 15) is 19.8 Å². The second kappa shape index (κ2) is 67.8. The van der Waals surface area contributed by atoms with Crippen molar-refractivity contribution in [3.05, 3.63) is 24.3 Å². The van der Waals surface area contributed by atoms with Crippen LogP contribution in [0.4, 0.5) is 0 Å². The Kier molecular flexibility index (Phi) is 66.4. The predicted octanol–water partition coefficient (Wildman–Crippen LogP) is 22.9. The van der Waals surface area contributed by atoms with E-state index >= 15 is 0 Å². The standard InChI is InChI=1S/C72H139NO5/c1-3-5-7-9-11-13-15-17-18-35-38-41-44-48-52-56-60-64-70(75)69(68-74)73-71(76)65-61-57-53-49-45-42-39-36-33-31-29-27-25-23-21-19-20-22-24-26-28-30-32-34-37-40-43-47-51-55-59-63-67-78-72(77)66-62-58-54-50-46-16-14-12-10-8-6-4-2/h12,14,22,24,69-70,74-75H,3-11,13,15-21,23,25-68H2,1-2H3,(H,73,76)/b14-12-,24-22-. The highest BCUT2D eigenvalue weighted by atomic mass is 16.5. The van der Waals surface area contributed by atoms with Gasteiger partial charge in [-0.1, -0.05) is 334 Å². The number of hydrogen-bond donors (Lipinski definition) is 3. The molecule has 3 N–H and O–H groups in total. The molecule has 0 aliphatic carbocycles. The van der Waals surface area contributed by atoms with Gasteiger partial charge < -0.3 is 20.3 Å². The van der Waals surface area contributed by atoms with Crippen LogP contribution in [-0.4, -0.2) is 47.4 Å². The third kappa shape index (κ3) is 63.5. The number of ether oxygens (including phenoxy) is 1. The average Bonchev–Trinajstić information content (AvgIpc) is 3.44. The van der Waals surface area contributed by atoms with Crippen LogP contribution < -0.4 is 5.32 Å². The van der Waals surface area contributed by atoms with Crippen LogP contribution in [0.5, 0.6) is 0 Å². The molecule has 0 fully saturated rings. The molecule has 0 aromatic carbocycles. The fourth-order valence-electron chi connectivity index (χ4n) is 11.3. The zero-order valence-corrected chi connectivity index (χ0v) is 52.9. The second-order valence-electron chi connectivity index (χ2n) is 24.6. The van der Waals surface area contributed by atoms with Gasteiger partial charge in [0.25, 0.3) is 0 Å². The molecule has 2 atom stereocenters. The van der Waals surface area contributed by atoms with Crippen LogP contribution in [0.2, 0.25) is 0 Å². The summed E-state index contributed by atoms with van der Waals surface area (Å²) in [6.07, 6.45) is 85.2. The van der Waals surface area contributed by atoms with E-state index in [4.69, 9.17) is 4.74 Å². The molecule has 2 unspecified atom stereocenters. The monoisotopic (exact) mass is 1100 g/mol. The largest absolute Gasteiger partial charge is 0.466 e. The van der Waals surface area contributed by atoms with Gasteiger partial charge in [-0.25, -0.2) is 0 Å². The summed E-state index contributed by atoms with van der Waals surface area (Å²) < 4.78 is 5.47. The fourth-order valence-corrected chi connectivity index (χ4v) is 11.3. The first kappa shape index (κ1) is 76.3. The van der Waals surface area contributed by atoms with Gasteiger partial charge >= 0.3 is 5.97 Å². The Bertz CT molecular complexity index is 1220. The number of nitrogens with one attached hydrogen (secondary N) is 1. The minimum atomic E-state index is -0.662. The smallest absolute Gasteiger partial charge is 0.305 e. The van der Waals surface area contributed by atoms with Gasteiger partial charge in [0.15, 0.2) is 0 Å². The average molecular weight is 1100 g/mol. The molecule has 0 heterocycles. The molecule has 0 aliphatic rings. The Labute approximate surface area is 488 Å². The molecule has 6 nitrogen and oxygen atoms in total. The van der Waals surface area contributed by atoms with Gasteiger partial charge in [0.1, 0.15) is 0 Å². The molecule has 0 radical (unpaired) electrons. The predicted molar refractivity (Wildman–Crippen MR) is 343 cm³/mol. The molecule has 0 spiro atoms. The number of hydrogen-bond acceptors (Lipinski definition) is 5. The number of aliphatic hydroxyl groups excluding tert-OH is 2. The molecule has 6 heteroatoms. The van der Waals surface area contributed by atoms with E-state index in [1.54, 1.807) is 0 Å². The van der Waals surface area contributed by atoms with E-state index in [0.717, 1.165) is 44.9 Å². The molecule has 1 amide bonds. The van der Waals surface area contributed by atoms with Crippen LogP contribution in [-0.2, 0) is 14.3 Å². The summed E-state index contributed by atoms with van der Waals surface area (Å²) in [5.74, 6) is -0.0201. The first-order valence-electron chi connectivity index (χ1n) is 35.6. The molecule has 0 aromatic heterocycles. The topological polar surface area (TPSA) is 95.9 Å². The van der Waals surface area contributed by atoms with Gasteiger partial charge in [-0.3, -0.25) is 9.59 Å². The molecule has 0 bridgehead atoms. The van der Waals surface area contributed by atoms with Crippen molar-refractivity contribution in [1.82, 2.24) is 5.32 Å². The van der Waals surface area contributed by atoms with Crippen molar-refractivity contribution in [2.24, 2.45) is 0 Å². The van der Waals surface area contributed by atoms with Crippen molar-refractivity contribution < 1.29 is 24.5 Å². The molecule has 78 heavy (non-hydrogen) atoms. The van der Waals surface area contributed by atoms with Crippen molar-refractivity contribution in [3.8, 4) is 0 Å². The maximum atomic E-state index is 12.5. The zero-order chi connectivity index (χ0) is 56.4. The lowest BCUT2D eigenvalue weighted by atomic mass is 10.0. The Morgan fingerprint density at radius 3 is 0.936 bits per heavy atom. The van der Waals surface area contributed by atoms with Crippen molar-refractivity contribution in [2.45, 2.75) is 411 Å². The quantitative estimate of drug-likeness (QED) is 0.0320. The summed E-state index contributed by atoms with van der Waals surface area (Å²) in [7, 11) is 0. The Morgan fingerprint density at radius 2 is 0.603 bits per heavy atom. The van der Waals surface area contributed by atoms with Crippen molar-refractivity contribution >= 4 is 11.9 Å². The molecular formula is C72H139NO5. The highest BCUT2D eigenvalue weighted by Crippen LogP contribution is 2.19. The zero-order valence-electron chi connectivity index (χ0n) is 52.9. The number of amides is 1. The minimum absolute atomic E-state index is 0.00860. The van der Waals surface area contributed by atoms with Crippen LogP contribution in [0.3, 0.4) is 0 Å². The summed E-state index contributed by atoms with van der Waals surface area (Å²) in [4.78, 5) is 24.5. The number of unbranched alkanes of at least 4 members (excludes halogenated alkanes) is 52. The van der Waals surface area contributed by atoms with E-state index in [0.29, 0.717) is 25.9 Å². The SMILES string of the molecule is CCCCC/C=C\CCCCCCCC(=O)OCCCCCCCCCCCCCC/C=C\CCCCCCCCCCCCCCCCCCC(=O)NC(CO)C(O)CCCCCCCCCCCCCCCCCCC. The van der Waals surface area contributed by atoms with Gasteiger partial charge in [-0.15, -0.1) is 0 Å². The summed E-state index contributed by atoms with van der Waals surface area (Å²) in [6.45, 7) is 4.96. The van der Waals surface area contributed by atoms with E-state index in [2.05, 4.69) is 43.5 Å². The third-order valence-electron chi connectivity index (χ3n) is 16.7. The fraction of sp³-hybridized carbons (Fsp3) is 0.917. The molecule has 0 saturated heterocycles. The normalized spacial score (nSPS) is 12.6. The Balaban J connectivity index is 3.35. The highest BCUT2D eigenvalue weighted by molar-refractivity contribution is 5.76. The first-order chi connectivity index (χ1) is 38.5. The van der Waals surface area contributed by atoms with E-state index < -0.39 is 12.1 Å². The van der Waals surface area contributed by atoms with Crippen LogP contribution >= 0.6 is 0 Å². The van der Waals surface area contributed by atoms with Gasteiger partial charge in [0, 0.05) is 12.8 Å². The molecule has 0 aliphatic heterocycles. The second-order valence-corrected chi connectivity index (χ2v) is 24.6. The van der Waals surface area contributed by atoms with Crippen molar-refractivity contribution in [3.63, 3.8) is 0 Å². The molecule has 0 rings (SSSR count). The molecule has 0 saturated carbocycles. The van der Waals surface area contributed by atoms with Crippen LogP contribution in [0, 0.1) is 0 Å². The number of rotatable bonds is 67. The number of carbonyl (C=O) groups excluding carboxylic acids is 2. The van der Waals surface area contributed by atoms with Gasteiger partial charge in [0.05, 0.1) is 25.4 Å². The van der Waals surface area contributed by atoms with Crippen LogP contribution in [0.1, 0.15) is 399 Å². The maximum Gasteiger partial charge on any atom is 0.305 e. The summed E-state index contributed by atoms with van der Waals surface area (Å²) in [5, 5.41) is 23.4. The lowest BCUT2D eigenvalue weighted by Crippen LogP contribution is -2.45. The van der Waals surface area contributed by atoms with Crippen LogP contribution in [0.15, 0.2) is 24.3 Å². The van der Waals surface area contributed by atoms with E-state index in [1.165, 1.54) is 321 Å². The summed E-state index contributed by atoms with van der Waals surface area (Å²) >= 11 is 0. The molecular weight excluding hydrogens is 959 g/mol. The lowest BCUT2D eigenvalue weighted by Gasteiger charge is -2.22. The first-order valence-corrected chi connectivity index (χ1v) is 35.6. The molecule has 0 aromatic rings. The third-order valence-corrected chi connectivity index (χ3v) is 16.7. The number of allylic oxidation sites excluding steroid dienone is 4. The highest BCUT2D eigenvalue weighted by Gasteiger charge is 2.20. The Hall–Kier alpha value is -1.66. The maximum absolute atomic E-state index is 12.5. The lowest BCUT2D eigenvalue weighted by molar-refractivity contribution is -0.143. The van der Waals surface area contributed by atoms with Gasteiger partial charge in [-0.2, -0.15) is 0 Å². The Morgan fingerprint density at radius 1 is 0.346 bits per heavy atom. The van der Waals surface area contributed by atoms with Crippen molar-refractivity contribution in [1.29, 1.82) is 0 Å². The van der Waals surface area contributed by atoms with E-state index in [1.807, 2.05) is 0 Å². The number of aliphatic hydroxyl groups is 2.